The number of hydrogen-bond acceptors (Lipinski definition) is 4. The monoisotopic (exact) mass is 312 g/mol. The molecule has 1 N–H and O–H groups in total. The molecule has 0 bridgehead atoms. The summed E-state index contributed by atoms with van der Waals surface area (Å²) in [5.74, 6) is -0.0964. The van der Waals surface area contributed by atoms with Crippen LogP contribution in [0.2, 0.25) is 0 Å². The first kappa shape index (κ1) is 13.2. The van der Waals surface area contributed by atoms with E-state index < -0.39 is 15.1 Å². The number of aliphatic hydroxyl groups is 1. The lowest BCUT2D eigenvalue weighted by Crippen LogP contribution is -2.30. The average molecular weight is 313 g/mol. The van der Waals surface area contributed by atoms with E-state index in [-0.39, 0.29) is 12.5 Å². The van der Waals surface area contributed by atoms with E-state index in [1.807, 2.05) is 0 Å². The molecule has 1 aromatic heterocycles. The van der Waals surface area contributed by atoms with Gasteiger partial charge in [-0.15, -0.1) is 11.3 Å². The smallest absolute Gasteiger partial charge is 0.193 e. The van der Waals surface area contributed by atoms with Gasteiger partial charge in [0.05, 0.1) is 15.6 Å². The SMILES string of the molecule is CC(C)C(CO)S(=O)(=O)c1ccc(Br)s1. The van der Waals surface area contributed by atoms with Gasteiger partial charge in [-0.25, -0.2) is 8.42 Å². The van der Waals surface area contributed by atoms with Gasteiger partial charge in [0.25, 0.3) is 0 Å². The molecule has 0 saturated carbocycles. The molecule has 6 heteroatoms. The van der Waals surface area contributed by atoms with E-state index >= 15 is 0 Å². The molecule has 0 aliphatic heterocycles. The van der Waals surface area contributed by atoms with Crippen LogP contribution in [0.25, 0.3) is 0 Å². The first-order valence-corrected chi connectivity index (χ1v) is 7.65. The number of hydrogen-bond donors (Lipinski definition) is 1. The van der Waals surface area contributed by atoms with Crippen LogP contribution in [-0.4, -0.2) is 25.4 Å². The molecule has 1 rings (SSSR count). The maximum absolute atomic E-state index is 12.0. The average Bonchev–Trinajstić information content (AvgIpc) is 2.52. The van der Waals surface area contributed by atoms with Crippen molar-refractivity contribution in [3.63, 3.8) is 0 Å². The van der Waals surface area contributed by atoms with Crippen LogP contribution in [0.4, 0.5) is 0 Å². The van der Waals surface area contributed by atoms with E-state index in [9.17, 15) is 8.42 Å². The molecule has 86 valence electrons. The van der Waals surface area contributed by atoms with Gasteiger partial charge >= 0.3 is 0 Å². The van der Waals surface area contributed by atoms with Gasteiger partial charge < -0.3 is 5.11 Å². The zero-order chi connectivity index (χ0) is 11.6. The normalized spacial score (nSPS) is 14.5. The van der Waals surface area contributed by atoms with Crippen LogP contribution in [0, 0.1) is 5.92 Å². The van der Waals surface area contributed by atoms with Crippen LogP contribution in [0.5, 0.6) is 0 Å². The van der Waals surface area contributed by atoms with E-state index in [0.717, 1.165) is 3.79 Å². The minimum atomic E-state index is -3.39. The zero-order valence-corrected chi connectivity index (χ0v) is 11.7. The summed E-state index contributed by atoms with van der Waals surface area (Å²) in [7, 11) is -3.39. The molecule has 0 radical (unpaired) electrons. The fraction of sp³-hybridized carbons (Fsp3) is 0.556. The Morgan fingerprint density at radius 3 is 2.40 bits per heavy atom. The van der Waals surface area contributed by atoms with Crippen LogP contribution in [-0.2, 0) is 9.84 Å². The molecule has 15 heavy (non-hydrogen) atoms. The second-order valence-electron chi connectivity index (χ2n) is 3.57. The Bertz CT molecular complexity index is 422. The first-order valence-electron chi connectivity index (χ1n) is 4.49. The summed E-state index contributed by atoms with van der Waals surface area (Å²) in [5, 5.41) is 8.39. The lowest BCUT2D eigenvalue weighted by atomic mass is 10.1. The number of rotatable bonds is 4. The third-order valence-electron chi connectivity index (χ3n) is 2.15. The highest BCUT2D eigenvalue weighted by Crippen LogP contribution is 2.30. The Kier molecular flexibility index (Phi) is 4.34. The number of thiophene rings is 1. The summed E-state index contributed by atoms with van der Waals surface area (Å²) < 4.78 is 25.2. The summed E-state index contributed by atoms with van der Waals surface area (Å²) in [5.41, 5.74) is 0. The highest BCUT2D eigenvalue weighted by atomic mass is 79.9. The molecule has 1 unspecified atom stereocenters. The van der Waals surface area contributed by atoms with Crippen molar-refractivity contribution in [2.24, 2.45) is 5.92 Å². The molecular formula is C9H13BrO3S2. The molecule has 1 heterocycles. The Morgan fingerprint density at radius 1 is 1.47 bits per heavy atom. The predicted molar refractivity (Wildman–Crippen MR) is 64.9 cm³/mol. The summed E-state index contributed by atoms with van der Waals surface area (Å²) in [6.45, 7) is 3.25. The van der Waals surface area contributed by atoms with Crippen molar-refractivity contribution < 1.29 is 13.5 Å². The molecule has 1 aromatic rings. The zero-order valence-electron chi connectivity index (χ0n) is 8.47. The van der Waals surface area contributed by atoms with Gasteiger partial charge in [-0.2, -0.15) is 0 Å². The van der Waals surface area contributed by atoms with Crippen molar-refractivity contribution in [3.8, 4) is 0 Å². The minimum Gasteiger partial charge on any atom is -0.395 e. The van der Waals surface area contributed by atoms with Gasteiger partial charge in [-0.1, -0.05) is 13.8 Å². The number of sulfone groups is 1. The van der Waals surface area contributed by atoms with Crippen LogP contribution in [0.1, 0.15) is 13.8 Å². The Morgan fingerprint density at radius 2 is 2.07 bits per heavy atom. The predicted octanol–water partition coefficient (Wildman–Crippen LogP) is 2.30. The molecule has 0 fully saturated rings. The fourth-order valence-electron chi connectivity index (χ4n) is 1.27. The lowest BCUT2D eigenvalue weighted by Gasteiger charge is -2.17. The Labute approximate surface area is 102 Å². The number of aliphatic hydroxyl groups excluding tert-OH is 1. The quantitative estimate of drug-likeness (QED) is 0.928. The van der Waals surface area contributed by atoms with E-state index in [1.54, 1.807) is 26.0 Å². The summed E-state index contributed by atoms with van der Waals surface area (Å²) in [6, 6.07) is 3.27. The second kappa shape index (κ2) is 4.95. The van der Waals surface area contributed by atoms with E-state index in [2.05, 4.69) is 15.9 Å². The molecule has 0 aliphatic rings. The van der Waals surface area contributed by atoms with E-state index in [1.165, 1.54) is 11.3 Å². The Hall–Kier alpha value is 0.0900. The molecule has 0 amide bonds. The first-order chi connectivity index (χ1) is 6.89. The van der Waals surface area contributed by atoms with Gasteiger partial charge in [0.2, 0.25) is 0 Å². The van der Waals surface area contributed by atoms with E-state index in [4.69, 9.17) is 5.11 Å². The third kappa shape index (κ3) is 2.81. The highest BCUT2D eigenvalue weighted by Gasteiger charge is 2.30. The number of halogens is 1. The summed E-state index contributed by atoms with van der Waals surface area (Å²) in [4.78, 5) is 0. The van der Waals surface area contributed by atoms with Crippen molar-refractivity contribution >= 4 is 37.1 Å². The molecule has 3 nitrogen and oxygen atoms in total. The maximum atomic E-state index is 12.0. The van der Waals surface area contributed by atoms with E-state index in [0.29, 0.717) is 4.21 Å². The van der Waals surface area contributed by atoms with Crippen LogP contribution in [0.3, 0.4) is 0 Å². The van der Waals surface area contributed by atoms with Crippen molar-refractivity contribution in [1.82, 2.24) is 0 Å². The fourth-order valence-corrected chi connectivity index (χ4v) is 5.28. The molecule has 0 saturated heterocycles. The van der Waals surface area contributed by atoms with Crippen molar-refractivity contribution in [2.45, 2.75) is 23.3 Å². The molecular weight excluding hydrogens is 300 g/mol. The highest BCUT2D eigenvalue weighted by molar-refractivity contribution is 9.11. The van der Waals surface area contributed by atoms with Crippen LogP contribution < -0.4 is 0 Å². The van der Waals surface area contributed by atoms with Gasteiger partial charge in [0.15, 0.2) is 9.84 Å². The van der Waals surface area contributed by atoms with Crippen LogP contribution in [0.15, 0.2) is 20.1 Å². The molecule has 0 aliphatic carbocycles. The molecule has 0 spiro atoms. The van der Waals surface area contributed by atoms with Crippen molar-refractivity contribution in [3.05, 3.63) is 15.9 Å². The molecule has 0 aromatic carbocycles. The van der Waals surface area contributed by atoms with Crippen molar-refractivity contribution in [2.75, 3.05) is 6.61 Å². The van der Waals surface area contributed by atoms with Gasteiger partial charge in [-0.05, 0) is 34.0 Å². The lowest BCUT2D eigenvalue weighted by molar-refractivity contribution is 0.269. The molecule has 1 atom stereocenters. The Balaban J connectivity index is 3.12. The van der Waals surface area contributed by atoms with Gasteiger partial charge in [-0.3, -0.25) is 0 Å². The maximum Gasteiger partial charge on any atom is 0.193 e. The van der Waals surface area contributed by atoms with Crippen LogP contribution >= 0.6 is 27.3 Å². The second-order valence-corrected chi connectivity index (χ2v) is 8.43. The third-order valence-corrected chi connectivity index (χ3v) is 6.70. The summed E-state index contributed by atoms with van der Waals surface area (Å²) >= 11 is 4.40. The van der Waals surface area contributed by atoms with Crippen molar-refractivity contribution in [1.29, 1.82) is 0 Å². The standard InChI is InChI=1S/C9H13BrO3S2/c1-6(2)7(5-11)15(12,13)9-4-3-8(10)14-9/h3-4,6-7,11H,5H2,1-2H3. The minimum absolute atomic E-state index is 0.0964. The largest absolute Gasteiger partial charge is 0.395 e. The topological polar surface area (TPSA) is 54.4 Å². The van der Waals surface area contributed by atoms with Gasteiger partial charge in [0, 0.05) is 0 Å². The summed E-state index contributed by atoms with van der Waals surface area (Å²) in [6.07, 6.45) is 0. The van der Waals surface area contributed by atoms with Gasteiger partial charge in [0.1, 0.15) is 4.21 Å².